The Hall–Kier alpha value is -2.91. The summed E-state index contributed by atoms with van der Waals surface area (Å²) in [4.78, 5) is 11.1. The summed E-state index contributed by atoms with van der Waals surface area (Å²) in [6.07, 6.45) is 4.20. The van der Waals surface area contributed by atoms with Crippen LogP contribution >= 0.6 is 0 Å². The Labute approximate surface area is 163 Å². The molecule has 0 aliphatic carbocycles. The van der Waals surface area contributed by atoms with Gasteiger partial charge in [-0.05, 0) is 12.5 Å². The van der Waals surface area contributed by atoms with Crippen molar-refractivity contribution >= 4 is 22.5 Å². The van der Waals surface area contributed by atoms with Crippen LogP contribution in [0.1, 0.15) is 6.42 Å². The predicted molar refractivity (Wildman–Crippen MR) is 105 cm³/mol. The van der Waals surface area contributed by atoms with Crippen LogP contribution in [0.25, 0.3) is 10.9 Å². The predicted octanol–water partition coefficient (Wildman–Crippen LogP) is 2.21. The van der Waals surface area contributed by atoms with Crippen LogP contribution in [0, 0.1) is 0 Å². The maximum atomic E-state index is 6.03. The fourth-order valence-corrected chi connectivity index (χ4v) is 3.18. The van der Waals surface area contributed by atoms with E-state index in [1.807, 2.05) is 18.2 Å². The van der Waals surface area contributed by atoms with E-state index in [9.17, 15) is 0 Å². The molecular weight excluding hydrogens is 360 g/mol. The zero-order valence-corrected chi connectivity index (χ0v) is 15.9. The van der Waals surface area contributed by atoms with Crippen molar-refractivity contribution in [2.75, 3.05) is 51.9 Å². The maximum Gasteiger partial charge on any atom is 0.162 e. The lowest BCUT2D eigenvalue weighted by atomic mass is 10.2. The highest BCUT2D eigenvalue weighted by atomic mass is 16.5. The van der Waals surface area contributed by atoms with E-state index in [0.717, 1.165) is 50.2 Å². The highest BCUT2D eigenvalue weighted by Crippen LogP contribution is 2.34. The van der Waals surface area contributed by atoms with Gasteiger partial charge in [-0.2, -0.15) is 5.10 Å². The summed E-state index contributed by atoms with van der Waals surface area (Å²) < 4.78 is 16.9. The number of nitrogens with zero attached hydrogens (tertiary/aromatic N) is 4. The lowest BCUT2D eigenvalue weighted by Crippen LogP contribution is -2.37. The number of hydrogen-bond donors (Lipinski definition) is 2. The van der Waals surface area contributed by atoms with Gasteiger partial charge in [-0.25, -0.2) is 9.97 Å². The molecule has 1 aliphatic rings. The number of aromatic amines is 1. The minimum Gasteiger partial charge on any atom is -0.493 e. The molecule has 3 heterocycles. The van der Waals surface area contributed by atoms with Crippen LogP contribution in [-0.4, -0.2) is 71.6 Å². The van der Waals surface area contributed by atoms with Crippen LogP contribution < -0.4 is 14.8 Å². The number of aromatic nitrogens is 4. The summed E-state index contributed by atoms with van der Waals surface area (Å²) in [6, 6.07) is 5.61. The summed E-state index contributed by atoms with van der Waals surface area (Å²) in [5.74, 6) is 2.68. The summed E-state index contributed by atoms with van der Waals surface area (Å²) in [7, 11) is 1.63. The van der Waals surface area contributed by atoms with Gasteiger partial charge in [0.05, 0.1) is 32.4 Å². The molecule has 1 aliphatic heterocycles. The first-order valence-electron chi connectivity index (χ1n) is 9.36. The van der Waals surface area contributed by atoms with Gasteiger partial charge < -0.3 is 19.5 Å². The van der Waals surface area contributed by atoms with E-state index in [4.69, 9.17) is 14.2 Å². The Morgan fingerprint density at radius 2 is 2.11 bits per heavy atom. The first-order valence-corrected chi connectivity index (χ1v) is 9.36. The Kier molecular flexibility index (Phi) is 5.83. The molecule has 4 rings (SSSR count). The van der Waals surface area contributed by atoms with Gasteiger partial charge in [-0.15, -0.1) is 0 Å². The van der Waals surface area contributed by atoms with Crippen LogP contribution in [0.3, 0.4) is 0 Å². The zero-order chi connectivity index (χ0) is 19.2. The maximum absolute atomic E-state index is 6.03. The second-order valence-electron chi connectivity index (χ2n) is 6.48. The summed E-state index contributed by atoms with van der Waals surface area (Å²) in [6.45, 7) is 5.19. The number of methoxy groups -OCH3 is 1. The fraction of sp³-hybridized carbons (Fsp3) is 0.421. The van der Waals surface area contributed by atoms with Crippen LogP contribution in [0.2, 0.25) is 0 Å². The minimum absolute atomic E-state index is 0.606. The Balaban J connectivity index is 1.48. The number of benzene rings is 1. The van der Waals surface area contributed by atoms with Crippen molar-refractivity contribution in [1.82, 2.24) is 25.1 Å². The topological polar surface area (TPSA) is 97.4 Å². The molecule has 0 unspecified atom stereocenters. The molecule has 0 bridgehead atoms. The van der Waals surface area contributed by atoms with Crippen molar-refractivity contribution in [2.24, 2.45) is 0 Å². The monoisotopic (exact) mass is 384 g/mol. The number of nitrogens with one attached hydrogen (secondary N) is 2. The second kappa shape index (κ2) is 8.85. The average molecular weight is 384 g/mol. The van der Waals surface area contributed by atoms with E-state index in [0.29, 0.717) is 29.7 Å². The number of anilines is 2. The molecular formula is C19H24N6O3. The van der Waals surface area contributed by atoms with E-state index < -0.39 is 0 Å². The number of hydrogen-bond acceptors (Lipinski definition) is 8. The summed E-state index contributed by atoms with van der Waals surface area (Å²) >= 11 is 0. The molecule has 0 radical (unpaired) electrons. The van der Waals surface area contributed by atoms with Crippen molar-refractivity contribution in [1.29, 1.82) is 0 Å². The van der Waals surface area contributed by atoms with Crippen molar-refractivity contribution < 1.29 is 14.2 Å². The first-order chi connectivity index (χ1) is 13.8. The molecule has 0 amide bonds. The van der Waals surface area contributed by atoms with Crippen LogP contribution in [0.15, 0.2) is 30.7 Å². The number of fused-ring (bicyclic) bond motifs is 1. The molecule has 3 aromatic rings. The Bertz CT molecular complexity index is 896. The zero-order valence-electron chi connectivity index (χ0n) is 15.9. The molecule has 9 nitrogen and oxygen atoms in total. The van der Waals surface area contributed by atoms with E-state index in [-0.39, 0.29) is 0 Å². The van der Waals surface area contributed by atoms with E-state index in [2.05, 4.69) is 30.4 Å². The molecule has 1 saturated heterocycles. The van der Waals surface area contributed by atoms with Gasteiger partial charge in [0.1, 0.15) is 12.1 Å². The normalized spacial score (nSPS) is 14.9. The van der Waals surface area contributed by atoms with Gasteiger partial charge in [0.15, 0.2) is 17.3 Å². The van der Waals surface area contributed by atoms with Gasteiger partial charge >= 0.3 is 0 Å². The second-order valence-corrected chi connectivity index (χ2v) is 6.48. The van der Waals surface area contributed by atoms with Crippen molar-refractivity contribution in [3.05, 3.63) is 30.7 Å². The summed E-state index contributed by atoms with van der Waals surface area (Å²) in [5.41, 5.74) is 0.769. The first kappa shape index (κ1) is 18.5. The third-order valence-corrected chi connectivity index (χ3v) is 4.65. The number of H-pyrrole nitrogens is 1. The van der Waals surface area contributed by atoms with Gasteiger partial charge in [0.25, 0.3) is 0 Å². The molecule has 0 saturated carbocycles. The van der Waals surface area contributed by atoms with Gasteiger partial charge in [-0.3, -0.25) is 10.00 Å². The Morgan fingerprint density at radius 3 is 2.89 bits per heavy atom. The van der Waals surface area contributed by atoms with Crippen molar-refractivity contribution in [3.63, 3.8) is 0 Å². The number of rotatable bonds is 8. The van der Waals surface area contributed by atoms with Crippen LogP contribution in [0.4, 0.5) is 11.6 Å². The lowest BCUT2D eigenvalue weighted by Gasteiger charge is -2.26. The van der Waals surface area contributed by atoms with Crippen LogP contribution in [-0.2, 0) is 4.74 Å². The van der Waals surface area contributed by atoms with E-state index >= 15 is 0 Å². The van der Waals surface area contributed by atoms with E-state index in [1.165, 1.54) is 6.33 Å². The average Bonchev–Trinajstić information content (AvgIpc) is 3.25. The molecule has 0 spiro atoms. The number of ether oxygens (including phenoxy) is 3. The minimum atomic E-state index is 0.606. The van der Waals surface area contributed by atoms with Crippen molar-refractivity contribution in [3.8, 4) is 11.5 Å². The highest BCUT2D eigenvalue weighted by molar-refractivity contribution is 5.92. The van der Waals surface area contributed by atoms with E-state index in [1.54, 1.807) is 13.3 Å². The summed E-state index contributed by atoms with van der Waals surface area (Å²) in [5, 5.41) is 10.9. The molecule has 28 heavy (non-hydrogen) atoms. The fourth-order valence-electron chi connectivity index (χ4n) is 3.18. The third-order valence-electron chi connectivity index (χ3n) is 4.65. The number of morpholine rings is 1. The SMILES string of the molecule is COc1cc2ncnc(Nc3cc[nH]n3)c2cc1OCCCN1CCOCC1. The Morgan fingerprint density at radius 1 is 1.21 bits per heavy atom. The van der Waals surface area contributed by atoms with Crippen molar-refractivity contribution in [2.45, 2.75) is 6.42 Å². The molecule has 0 atom stereocenters. The molecule has 1 fully saturated rings. The lowest BCUT2D eigenvalue weighted by molar-refractivity contribution is 0.0357. The standard InChI is InChI=1S/C19H24N6O3/c1-26-16-12-15-14(19(21-13-20-15)23-18-3-4-22-24-18)11-17(16)28-8-2-5-25-6-9-27-10-7-25/h3-4,11-13H,2,5-10H2,1H3,(H2,20,21,22,23,24). The van der Waals surface area contributed by atoms with Gasteiger partial charge in [-0.1, -0.05) is 0 Å². The highest BCUT2D eigenvalue weighted by Gasteiger charge is 2.13. The molecule has 148 valence electrons. The smallest absolute Gasteiger partial charge is 0.162 e. The van der Waals surface area contributed by atoms with Crippen LogP contribution in [0.5, 0.6) is 11.5 Å². The molecule has 9 heteroatoms. The molecule has 2 aromatic heterocycles. The van der Waals surface area contributed by atoms with Gasteiger partial charge in [0.2, 0.25) is 0 Å². The quantitative estimate of drug-likeness (QED) is 0.571. The largest absolute Gasteiger partial charge is 0.493 e. The van der Waals surface area contributed by atoms with Gasteiger partial charge in [0, 0.05) is 43.4 Å². The molecule has 1 aromatic carbocycles. The molecule has 2 N–H and O–H groups in total. The third kappa shape index (κ3) is 4.32.